The zero-order chi connectivity index (χ0) is 15.8. The Morgan fingerprint density at radius 1 is 1.38 bits per heavy atom. The molecular weight excluding hydrogens is 288 g/mol. The van der Waals surface area contributed by atoms with Crippen molar-refractivity contribution in [2.45, 2.75) is 26.8 Å². The Kier molecular flexibility index (Phi) is 7.11. The number of hydrogen-bond donors (Lipinski definition) is 2. The van der Waals surface area contributed by atoms with Crippen LogP contribution in [-0.4, -0.2) is 47.6 Å². The molecule has 0 aliphatic rings. The molecule has 21 heavy (non-hydrogen) atoms. The van der Waals surface area contributed by atoms with Crippen LogP contribution in [0.3, 0.4) is 0 Å². The molecule has 0 radical (unpaired) electrons. The van der Waals surface area contributed by atoms with E-state index < -0.39 is 5.97 Å². The third-order valence-corrected chi connectivity index (χ3v) is 4.09. The SMILES string of the molecule is CCN(CC)CC(C)NC(=O)c1ccc(C=CC(=O)O)s1. The van der Waals surface area contributed by atoms with Gasteiger partial charge in [0.2, 0.25) is 0 Å². The second-order valence-electron chi connectivity index (χ2n) is 4.73. The summed E-state index contributed by atoms with van der Waals surface area (Å²) in [5, 5.41) is 11.5. The van der Waals surface area contributed by atoms with Gasteiger partial charge in [-0.1, -0.05) is 13.8 Å². The van der Waals surface area contributed by atoms with E-state index in [4.69, 9.17) is 5.11 Å². The van der Waals surface area contributed by atoms with Crippen molar-refractivity contribution in [3.8, 4) is 0 Å². The fourth-order valence-corrected chi connectivity index (χ4v) is 2.74. The van der Waals surface area contributed by atoms with Gasteiger partial charge in [0.05, 0.1) is 4.88 Å². The lowest BCUT2D eigenvalue weighted by molar-refractivity contribution is -0.131. The number of amides is 1. The molecule has 6 heteroatoms. The summed E-state index contributed by atoms with van der Waals surface area (Å²) in [6, 6.07) is 3.53. The highest BCUT2D eigenvalue weighted by atomic mass is 32.1. The van der Waals surface area contributed by atoms with E-state index in [1.807, 2.05) is 6.92 Å². The van der Waals surface area contributed by atoms with Crippen molar-refractivity contribution >= 4 is 29.3 Å². The van der Waals surface area contributed by atoms with Crippen LogP contribution in [0.15, 0.2) is 18.2 Å². The van der Waals surface area contributed by atoms with E-state index in [1.54, 1.807) is 12.1 Å². The van der Waals surface area contributed by atoms with Crippen LogP contribution in [0.1, 0.15) is 35.3 Å². The first-order chi connectivity index (χ1) is 9.96. The summed E-state index contributed by atoms with van der Waals surface area (Å²) in [5.74, 6) is -1.11. The highest BCUT2D eigenvalue weighted by Crippen LogP contribution is 2.18. The summed E-state index contributed by atoms with van der Waals surface area (Å²) in [7, 11) is 0. The van der Waals surface area contributed by atoms with Gasteiger partial charge in [0, 0.05) is 23.5 Å². The first-order valence-electron chi connectivity index (χ1n) is 7.00. The van der Waals surface area contributed by atoms with Gasteiger partial charge in [-0.05, 0) is 38.2 Å². The van der Waals surface area contributed by atoms with Gasteiger partial charge in [0.15, 0.2) is 0 Å². The number of hydrogen-bond acceptors (Lipinski definition) is 4. The van der Waals surface area contributed by atoms with Crippen LogP contribution >= 0.6 is 11.3 Å². The predicted octanol–water partition coefficient (Wildman–Crippen LogP) is 2.31. The molecule has 0 aromatic carbocycles. The van der Waals surface area contributed by atoms with Crippen LogP contribution in [0, 0.1) is 0 Å². The Morgan fingerprint density at radius 3 is 2.62 bits per heavy atom. The van der Waals surface area contributed by atoms with Crippen LogP contribution < -0.4 is 5.32 Å². The van der Waals surface area contributed by atoms with Crippen LogP contribution in [0.5, 0.6) is 0 Å². The number of nitrogens with zero attached hydrogens (tertiary/aromatic N) is 1. The van der Waals surface area contributed by atoms with Gasteiger partial charge in [-0.15, -0.1) is 11.3 Å². The molecule has 2 N–H and O–H groups in total. The molecule has 0 spiro atoms. The van der Waals surface area contributed by atoms with Crippen molar-refractivity contribution in [1.29, 1.82) is 0 Å². The maximum absolute atomic E-state index is 12.1. The second-order valence-corrected chi connectivity index (χ2v) is 5.85. The second kappa shape index (κ2) is 8.59. The number of likely N-dealkylation sites (N-methyl/N-ethyl adjacent to an activating group) is 1. The standard InChI is InChI=1S/C15H22N2O3S/c1-4-17(5-2)10-11(3)16-15(20)13-8-6-12(21-13)7-9-14(18)19/h6-9,11H,4-5,10H2,1-3H3,(H,16,20)(H,18,19). The lowest BCUT2D eigenvalue weighted by Gasteiger charge is -2.23. The van der Waals surface area contributed by atoms with E-state index >= 15 is 0 Å². The summed E-state index contributed by atoms with van der Waals surface area (Å²) in [6.07, 6.45) is 2.56. The highest BCUT2D eigenvalue weighted by molar-refractivity contribution is 7.14. The molecule has 0 aliphatic carbocycles. The quantitative estimate of drug-likeness (QED) is 0.723. The maximum atomic E-state index is 12.1. The van der Waals surface area contributed by atoms with Gasteiger partial charge in [-0.2, -0.15) is 0 Å². The number of rotatable bonds is 8. The van der Waals surface area contributed by atoms with Crippen LogP contribution in [0.2, 0.25) is 0 Å². The Bertz CT molecular complexity index is 507. The molecule has 1 aromatic heterocycles. The zero-order valence-corrected chi connectivity index (χ0v) is 13.4. The van der Waals surface area contributed by atoms with E-state index in [1.165, 1.54) is 17.4 Å². The normalized spacial score (nSPS) is 12.8. The van der Waals surface area contributed by atoms with Crippen LogP contribution in [0.25, 0.3) is 6.08 Å². The largest absolute Gasteiger partial charge is 0.478 e. The van der Waals surface area contributed by atoms with E-state index in [0.29, 0.717) is 4.88 Å². The van der Waals surface area contributed by atoms with Crippen molar-refractivity contribution < 1.29 is 14.7 Å². The third kappa shape index (κ3) is 6.10. The van der Waals surface area contributed by atoms with Gasteiger partial charge < -0.3 is 15.3 Å². The van der Waals surface area contributed by atoms with Gasteiger partial charge in [0.1, 0.15) is 0 Å². The molecule has 0 saturated carbocycles. The van der Waals surface area contributed by atoms with Gasteiger partial charge >= 0.3 is 5.97 Å². The summed E-state index contributed by atoms with van der Waals surface area (Å²) < 4.78 is 0. The smallest absolute Gasteiger partial charge is 0.328 e. The number of nitrogens with one attached hydrogen (secondary N) is 1. The highest BCUT2D eigenvalue weighted by Gasteiger charge is 2.13. The minimum absolute atomic E-state index is 0.0671. The topological polar surface area (TPSA) is 69.6 Å². The molecule has 1 rings (SSSR count). The molecule has 0 bridgehead atoms. The van der Waals surface area contributed by atoms with Crippen molar-refractivity contribution in [3.05, 3.63) is 28.0 Å². The lowest BCUT2D eigenvalue weighted by Crippen LogP contribution is -2.41. The van der Waals surface area contributed by atoms with Crippen molar-refractivity contribution in [1.82, 2.24) is 10.2 Å². The lowest BCUT2D eigenvalue weighted by atomic mass is 10.3. The van der Waals surface area contributed by atoms with Crippen molar-refractivity contribution in [2.24, 2.45) is 0 Å². The molecule has 116 valence electrons. The molecule has 1 atom stereocenters. The number of aliphatic carboxylic acids is 1. The first kappa shape index (κ1) is 17.4. The molecule has 0 aliphatic heterocycles. The Morgan fingerprint density at radius 2 is 2.05 bits per heavy atom. The summed E-state index contributed by atoms with van der Waals surface area (Å²) in [4.78, 5) is 26.1. The van der Waals surface area contributed by atoms with E-state index in [2.05, 4.69) is 24.1 Å². The molecule has 5 nitrogen and oxygen atoms in total. The van der Waals surface area contributed by atoms with Crippen LogP contribution in [0.4, 0.5) is 0 Å². The average molecular weight is 310 g/mol. The molecule has 1 aromatic rings. The number of carboxylic acids is 1. The minimum Gasteiger partial charge on any atom is -0.478 e. The fraction of sp³-hybridized carbons (Fsp3) is 0.467. The number of carboxylic acid groups (broad SMARTS) is 1. The van der Waals surface area contributed by atoms with E-state index in [-0.39, 0.29) is 11.9 Å². The maximum Gasteiger partial charge on any atom is 0.328 e. The van der Waals surface area contributed by atoms with Gasteiger partial charge in [-0.25, -0.2) is 4.79 Å². The van der Waals surface area contributed by atoms with E-state index in [9.17, 15) is 9.59 Å². The minimum atomic E-state index is -0.998. The third-order valence-electron chi connectivity index (χ3n) is 3.04. The Labute approximate surface area is 129 Å². The fourth-order valence-electron chi connectivity index (χ4n) is 1.93. The molecule has 1 heterocycles. The number of carbonyl (C=O) groups excluding carboxylic acids is 1. The molecule has 1 amide bonds. The van der Waals surface area contributed by atoms with E-state index in [0.717, 1.165) is 30.6 Å². The molecule has 0 saturated heterocycles. The summed E-state index contributed by atoms with van der Waals surface area (Å²) in [5.41, 5.74) is 0. The monoisotopic (exact) mass is 310 g/mol. The van der Waals surface area contributed by atoms with Crippen molar-refractivity contribution in [3.63, 3.8) is 0 Å². The Balaban J connectivity index is 2.57. The molecule has 1 unspecified atom stereocenters. The summed E-state index contributed by atoms with van der Waals surface area (Å²) >= 11 is 1.28. The molecule has 0 fully saturated rings. The number of thiophene rings is 1. The first-order valence-corrected chi connectivity index (χ1v) is 7.82. The van der Waals surface area contributed by atoms with Crippen molar-refractivity contribution in [2.75, 3.05) is 19.6 Å². The van der Waals surface area contributed by atoms with Gasteiger partial charge in [0.25, 0.3) is 5.91 Å². The zero-order valence-electron chi connectivity index (χ0n) is 12.6. The number of carbonyl (C=O) groups is 2. The Hall–Kier alpha value is -1.66. The van der Waals surface area contributed by atoms with Gasteiger partial charge in [-0.3, -0.25) is 4.79 Å². The predicted molar refractivity (Wildman–Crippen MR) is 85.7 cm³/mol. The van der Waals surface area contributed by atoms with Crippen LogP contribution in [-0.2, 0) is 4.79 Å². The molecular formula is C15H22N2O3S. The summed E-state index contributed by atoms with van der Waals surface area (Å²) in [6.45, 7) is 8.90. The average Bonchev–Trinajstić information content (AvgIpc) is 2.91.